The molecule has 6 aliphatic heterocycles. The summed E-state index contributed by atoms with van der Waals surface area (Å²) in [6, 6.07) is 0. The van der Waals surface area contributed by atoms with Crippen LogP contribution >= 0.6 is 11.8 Å². The van der Waals surface area contributed by atoms with Crippen LogP contribution in [0.15, 0.2) is 59.3 Å². The number of rotatable bonds is 12. The fourth-order valence-corrected chi connectivity index (χ4v) is 12.4. The molecule has 0 amide bonds. The zero-order valence-corrected chi connectivity index (χ0v) is 42.7. The Morgan fingerprint density at radius 1 is 0.941 bits per heavy atom. The molecule has 7 rings (SSSR count). The number of hydrogen-bond acceptors (Lipinski definition) is 16. The number of carbonyl (C=O) groups is 2. The minimum Gasteiger partial charge on any atom is -0.465 e. The van der Waals surface area contributed by atoms with Gasteiger partial charge < -0.3 is 62.3 Å². The quantitative estimate of drug-likeness (QED) is 0.120. The highest BCUT2D eigenvalue weighted by molar-refractivity contribution is 8.00. The number of carbonyl (C=O) groups excluding carboxylic acids is 2. The van der Waals surface area contributed by atoms with Gasteiger partial charge in [-0.1, -0.05) is 70.6 Å². The van der Waals surface area contributed by atoms with Crippen molar-refractivity contribution in [2.24, 2.45) is 23.7 Å². The predicted octanol–water partition coefficient (Wildman–Crippen LogP) is 6.68. The first-order chi connectivity index (χ1) is 32.4. The number of allylic oxidation sites excluding steroid dienone is 2. The van der Waals surface area contributed by atoms with Crippen LogP contribution in [0.25, 0.3) is 0 Å². The van der Waals surface area contributed by atoms with E-state index in [9.17, 15) is 19.8 Å². The Kier molecular flexibility index (Phi) is 18.0. The number of aliphatic hydroxyl groups excluding tert-OH is 1. The van der Waals surface area contributed by atoms with Crippen LogP contribution in [0.5, 0.6) is 0 Å². The largest absolute Gasteiger partial charge is 0.465 e. The van der Waals surface area contributed by atoms with E-state index in [1.807, 2.05) is 39.0 Å². The first kappa shape index (κ1) is 53.4. The van der Waals surface area contributed by atoms with Gasteiger partial charge in [0, 0.05) is 64.4 Å². The first-order valence-electron chi connectivity index (χ1n) is 24.8. The van der Waals surface area contributed by atoms with Gasteiger partial charge in [0.25, 0.3) is 0 Å². The summed E-state index contributed by atoms with van der Waals surface area (Å²) in [5, 5.41) is 23.8. The molecule has 0 aromatic carbocycles. The monoisotopic (exact) mass is 975 g/mol. The van der Waals surface area contributed by atoms with Crippen LogP contribution in [0, 0.1) is 23.7 Å². The summed E-state index contributed by atoms with van der Waals surface area (Å²) < 4.78 is 70.1. The van der Waals surface area contributed by atoms with Gasteiger partial charge in [0.1, 0.15) is 42.5 Å². The summed E-state index contributed by atoms with van der Waals surface area (Å²) >= 11 is 1.66. The Balaban J connectivity index is 1.13. The van der Waals surface area contributed by atoms with Crippen molar-refractivity contribution in [1.29, 1.82) is 0 Å². The van der Waals surface area contributed by atoms with Crippen LogP contribution in [-0.2, 0) is 61.7 Å². The van der Waals surface area contributed by atoms with Gasteiger partial charge in [-0.25, -0.2) is 0 Å². The third-order valence-electron chi connectivity index (χ3n) is 15.2. The molecule has 2 N–H and O–H groups in total. The number of aliphatic hydroxyl groups is 2. The number of thioether (sulfide) groups is 1. The maximum atomic E-state index is 14.4. The lowest BCUT2D eigenvalue weighted by Gasteiger charge is -2.48. The van der Waals surface area contributed by atoms with Crippen molar-refractivity contribution in [3.8, 4) is 0 Å². The summed E-state index contributed by atoms with van der Waals surface area (Å²) in [6.07, 6.45) is 10.1. The fraction of sp³-hybridized carbons (Fsp3) is 0.769. The Morgan fingerprint density at radius 3 is 2.38 bits per heavy atom. The van der Waals surface area contributed by atoms with E-state index in [0.717, 1.165) is 12.0 Å². The molecule has 6 heterocycles. The molecule has 2 bridgehead atoms. The molecule has 1 unspecified atom stereocenters. The highest BCUT2D eigenvalue weighted by Crippen LogP contribution is 2.47. The Labute approximate surface area is 407 Å². The van der Waals surface area contributed by atoms with Crippen molar-refractivity contribution in [1.82, 2.24) is 0 Å². The van der Waals surface area contributed by atoms with Gasteiger partial charge in [-0.2, -0.15) is 0 Å². The van der Waals surface area contributed by atoms with Gasteiger partial charge in [0.15, 0.2) is 18.4 Å². The molecule has 16 heteroatoms. The molecule has 0 saturated carbocycles. The van der Waals surface area contributed by atoms with Crippen molar-refractivity contribution in [3.05, 3.63) is 59.3 Å². The van der Waals surface area contributed by atoms with Crippen LogP contribution in [0.2, 0.25) is 0 Å². The zero-order valence-electron chi connectivity index (χ0n) is 41.9. The maximum absolute atomic E-state index is 14.4. The summed E-state index contributed by atoms with van der Waals surface area (Å²) in [7, 11) is 3.36. The van der Waals surface area contributed by atoms with Gasteiger partial charge in [0.05, 0.1) is 54.6 Å². The van der Waals surface area contributed by atoms with Crippen molar-refractivity contribution in [3.63, 3.8) is 0 Å². The van der Waals surface area contributed by atoms with E-state index in [2.05, 4.69) is 39.8 Å². The summed E-state index contributed by atoms with van der Waals surface area (Å²) in [6.45, 7) is 18.1. The molecular weight excluding hydrogens is 897 g/mol. The molecule has 4 fully saturated rings. The van der Waals surface area contributed by atoms with Crippen LogP contribution in [0.3, 0.4) is 0 Å². The smallest absolute Gasteiger partial charge is 0.316 e. The highest BCUT2D eigenvalue weighted by atomic mass is 32.2. The van der Waals surface area contributed by atoms with Gasteiger partial charge >= 0.3 is 11.9 Å². The lowest BCUT2D eigenvalue weighted by Crippen LogP contribution is -2.58. The second-order valence-corrected chi connectivity index (χ2v) is 21.4. The van der Waals surface area contributed by atoms with Crippen LogP contribution in [0.1, 0.15) is 101 Å². The molecule has 68 heavy (non-hydrogen) atoms. The lowest BCUT2D eigenvalue weighted by molar-refractivity contribution is -0.309. The second-order valence-electron chi connectivity index (χ2n) is 20.1. The van der Waals surface area contributed by atoms with E-state index < -0.39 is 78.6 Å². The molecule has 15 nitrogen and oxygen atoms in total. The fourth-order valence-electron chi connectivity index (χ4n) is 11.2. The van der Waals surface area contributed by atoms with Crippen molar-refractivity contribution in [2.75, 3.05) is 33.2 Å². The van der Waals surface area contributed by atoms with E-state index in [1.54, 1.807) is 45.1 Å². The van der Waals surface area contributed by atoms with Crippen molar-refractivity contribution >= 4 is 23.7 Å². The van der Waals surface area contributed by atoms with Crippen LogP contribution in [0.4, 0.5) is 0 Å². The van der Waals surface area contributed by atoms with Gasteiger partial charge in [-0.05, 0) is 62.8 Å². The Bertz CT molecular complexity index is 1900. The predicted molar refractivity (Wildman–Crippen MR) is 254 cm³/mol. The number of esters is 2. The summed E-state index contributed by atoms with van der Waals surface area (Å²) in [4.78, 5) is 25.7. The first-order valence-corrected chi connectivity index (χ1v) is 25.9. The summed E-state index contributed by atoms with van der Waals surface area (Å²) in [5.74, 6) is -2.26. The SMILES string of the molecule is CCC(C)[C@H]1O[C@]2(C=C[C@@H]1C)C[C@@H]1C[C@@H](C/C=C(\C)[C@@H](O[C@H]3C[C@H](OC)[C@@H](O[C@H]4C[C@H](OC)[C@H](SCCOC(C)=O)[C@H](C)O4)[C@H](C)O3)[C@@H](C)/C=C/C=C3\CO[C@@H]4[C@H](O)C(C)=C[C@@H](C(=O)O1)[C@]34O)O2. The molecule has 7 aliphatic rings. The van der Waals surface area contributed by atoms with Gasteiger partial charge in [0.2, 0.25) is 0 Å². The molecule has 0 radical (unpaired) electrons. The van der Waals surface area contributed by atoms with Gasteiger partial charge in [-0.15, -0.1) is 11.8 Å². The Morgan fingerprint density at radius 2 is 1.66 bits per heavy atom. The summed E-state index contributed by atoms with van der Waals surface area (Å²) in [5.41, 5.74) is 0.126. The topological polar surface area (TPSA) is 176 Å². The van der Waals surface area contributed by atoms with Crippen molar-refractivity contribution < 1.29 is 71.9 Å². The van der Waals surface area contributed by atoms with E-state index in [1.165, 1.54) is 6.92 Å². The lowest BCUT2D eigenvalue weighted by atomic mass is 9.71. The van der Waals surface area contributed by atoms with Gasteiger partial charge in [-0.3, -0.25) is 9.59 Å². The molecule has 0 aromatic heterocycles. The van der Waals surface area contributed by atoms with E-state index in [-0.39, 0.29) is 60.0 Å². The average molecular weight is 975 g/mol. The molecule has 20 atom stereocenters. The normalized spacial score (nSPS) is 45.8. The van der Waals surface area contributed by atoms with E-state index >= 15 is 0 Å². The minimum atomic E-state index is -1.84. The zero-order chi connectivity index (χ0) is 49.1. The maximum Gasteiger partial charge on any atom is 0.316 e. The average Bonchev–Trinajstić information content (AvgIpc) is 3.64. The molecule has 0 aromatic rings. The standard InChI is InChI=1S/C52H78O15S/c1-12-28(2)46-31(5)18-19-51(67-46)26-38-23-37(66-51)17-16-30(4)45(29(3)14-13-15-36-27-60-49-44(54)32(6)22-39(50(55)63-38)52(36,49)56)64-42-24-40(57-10)47(33(7)61-42)65-43-25-41(58-11)48(34(8)62-43)68-21-20-59-35(9)53/h13-16,18-19,22,28-29,31,33-34,37-49,54,56H,12,17,20-21,23-27H2,1-11H3/b14-13+,30-16+,36-15+/t28?,29-,31-,33-,34-,37+,38-,39-,40-,41-,42-,43-,44+,45-,46+,47-,48+,49+,51+,52+/m0/s1. The number of methoxy groups -OCH3 is 2. The second kappa shape index (κ2) is 23.0. The third-order valence-corrected chi connectivity index (χ3v) is 16.6. The van der Waals surface area contributed by atoms with Crippen LogP contribution in [-0.4, -0.2) is 152 Å². The molecule has 1 spiro atoms. The molecule has 1 aliphatic carbocycles. The molecule has 382 valence electrons. The minimum absolute atomic E-state index is 0.0283. The highest BCUT2D eigenvalue weighted by Gasteiger charge is 2.60. The third kappa shape index (κ3) is 11.7. The van der Waals surface area contributed by atoms with E-state index in [4.69, 9.17) is 52.1 Å². The number of hydrogen-bond donors (Lipinski definition) is 2. The number of ether oxygens (including phenoxy) is 11. The van der Waals surface area contributed by atoms with Crippen molar-refractivity contribution in [2.45, 2.75) is 197 Å². The van der Waals surface area contributed by atoms with E-state index in [0.29, 0.717) is 55.6 Å². The number of fused-ring (bicyclic) bond motifs is 2. The molecule has 4 saturated heterocycles. The van der Waals surface area contributed by atoms with Crippen LogP contribution < -0.4 is 0 Å². The molecular formula is C52H78O15S. The Hall–Kier alpha value is -2.45.